The van der Waals surface area contributed by atoms with Crippen molar-refractivity contribution in [3.63, 3.8) is 0 Å². The van der Waals surface area contributed by atoms with Gasteiger partial charge >= 0.3 is 5.97 Å². The third kappa shape index (κ3) is 3.80. The molecule has 5 heteroatoms. The van der Waals surface area contributed by atoms with Gasteiger partial charge in [0.1, 0.15) is 5.82 Å². The van der Waals surface area contributed by atoms with Gasteiger partial charge in [-0.25, -0.2) is 9.18 Å². The zero-order valence-corrected chi connectivity index (χ0v) is 12.8. The van der Waals surface area contributed by atoms with Crippen LogP contribution in [0, 0.1) is 5.82 Å². The molecule has 1 aromatic rings. The van der Waals surface area contributed by atoms with Crippen LogP contribution in [0.25, 0.3) is 0 Å². The van der Waals surface area contributed by atoms with E-state index in [1.807, 2.05) is 6.92 Å². The number of hydrogen-bond acceptors (Lipinski definition) is 4. The fourth-order valence-corrected chi connectivity index (χ4v) is 2.65. The summed E-state index contributed by atoms with van der Waals surface area (Å²) in [7, 11) is 1.25. The molecule has 0 bridgehead atoms. The van der Waals surface area contributed by atoms with Crippen LogP contribution in [0.4, 0.5) is 4.39 Å². The van der Waals surface area contributed by atoms with Crippen molar-refractivity contribution >= 4 is 5.97 Å². The summed E-state index contributed by atoms with van der Waals surface area (Å²) in [6.07, 6.45) is 1.18. The number of halogens is 1. The molecule has 2 unspecified atom stereocenters. The minimum Gasteiger partial charge on any atom is -0.465 e. The number of nitrogens with zero attached hydrogens (tertiary/aromatic N) is 1. The van der Waals surface area contributed by atoms with Gasteiger partial charge < -0.3 is 9.47 Å². The van der Waals surface area contributed by atoms with Crippen molar-refractivity contribution in [1.29, 1.82) is 0 Å². The fraction of sp³-hybridized carbons (Fsp3) is 0.562. The molecule has 0 aliphatic carbocycles. The Morgan fingerprint density at radius 1 is 1.52 bits per heavy atom. The van der Waals surface area contributed by atoms with Gasteiger partial charge in [0.05, 0.1) is 25.4 Å². The fourth-order valence-electron chi connectivity index (χ4n) is 2.65. The molecular formula is C16H22FNO3. The highest BCUT2D eigenvalue weighted by molar-refractivity contribution is 5.89. The summed E-state index contributed by atoms with van der Waals surface area (Å²) in [5.41, 5.74) is 0.830. The predicted molar refractivity (Wildman–Crippen MR) is 77.6 cm³/mol. The number of ether oxygens (including phenoxy) is 2. The maximum atomic E-state index is 14.0. The first kappa shape index (κ1) is 15.9. The predicted octanol–water partition coefficient (Wildman–Crippen LogP) is 2.61. The summed E-state index contributed by atoms with van der Waals surface area (Å²) in [6, 6.07) is 5.03. The molecule has 2 rings (SSSR count). The van der Waals surface area contributed by atoms with Crippen molar-refractivity contribution < 1.29 is 18.7 Å². The third-order valence-electron chi connectivity index (χ3n) is 3.88. The second-order valence-corrected chi connectivity index (χ2v) is 5.44. The molecule has 0 N–H and O–H groups in total. The van der Waals surface area contributed by atoms with E-state index in [0.29, 0.717) is 19.2 Å². The van der Waals surface area contributed by atoms with Crippen molar-refractivity contribution in [2.75, 3.05) is 20.3 Å². The highest BCUT2D eigenvalue weighted by Gasteiger charge is 2.25. The number of carbonyl (C=O) groups is 1. The zero-order valence-electron chi connectivity index (χ0n) is 12.8. The molecule has 0 saturated carbocycles. The van der Waals surface area contributed by atoms with Crippen LogP contribution in [0.15, 0.2) is 18.2 Å². The summed E-state index contributed by atoms with van der Waals surface area (Å²) >= 11 is 0. The van der Waals surface area contributed by atoms with Gasteiger partial charge in [0.15, 0.2) is 0 Å². The lowest BCUT2D eigenvalue weighted by Gasteiger charge is -2.38. The van der Waals surface area contributed by atoms with Crippen LogP contribution < -0.4 is 0 Å². The van der Waals surface area contributed by atoms with Crippen molar-refractivity contribution in [2.45, 2.75) is 39.0 Å². The van der Waals surface area contributed by atoms with Crippen LogP contribution in [0.1, 0.15) is 36.2 Å². The highest BCUT2D eigenvalue weighted by atomic mass is 19.1. The number of hydrogen-bond donors (Lipinski definition) is 0. The maximum absolute atomic E-state index is 14.0. The first-order valence-corrected chi connectivity index (χ1v) is 7.27. The van der Waals surface area contributed by atoms with E-state index in [9.17, 15) is 9.18 Å². The average Bonchev–Trinajstić information content (AvgIpc) is 2.47. The van der Waals surface area contributed by atoms with Crippen LogP contribution in [0.3, 0.4) is 0 Å². The SMILES string of the molecule is CCC1COC(C)CN1Cc1ccc(C(=O)OC)c(F)c1. The summed E-state index contributed by atoms with van der Waals surface area (Å²) in [6.45, 7) is 6.36. The summed E-state index contributed by atoms with van der Waals surface area (Å²) in [5.74, 6) is -1.18. The molecule has 1 heterocycles. The first-order chi connectivity index (χ1) is 10.0. The number of esters is 1. The van der Waals surface area contributed by atoms with Gasteiger partial charge in [-0.2, -0.15) is 0 Å². The number of carbonyl (C=O) groups excluding carboxylic acids is 1. The molecule has 0 radical (unpaired) electrons. The average molecular weight is 295 g/mol. The van der Waals surface area contributed by atoms with Crippen molar-refractivity contribution in [1.82, 2.24) is 4.90 Å². The normalized spacial score (nSPS) is 23.0. The molecular weight excluding hydrogens is 273 g/mol. The number of benzene rings is 1. The number of rotatable bonds is 4. The molecule has 4 nitrogen and oxygen atoms in total. The lowest BCUT2D eigenvalue weighted by molar-refractivity contribution is -0.0592. The zero-order chi connectivity index (χ0) is 15.4. The molecule has 0 spiro atoms. The van der Waals surface area contributed by atoms with Crippen molar-refractivity contribution in [3.8, 4) is 0 Å². The lowest BCUT2D eigenvalue weighted by Crippen LogP contribution is -2.47. The smallest absolute Gasteiger partial charge is 0.340 e. The minimum absolute atomic E-state index is 0.0244. The Morgan fingerprint density at radius 2 is 2.29 bits per heavy atom. The van der Waals surface area contributed by atoms with E-state index < -0.39 is 11.8 Å². The van der Waals surface area contributed by atoms with Gasteiger partial charge in [-0.3, -0.25) is 4.90 Å². The van der Waals surface area contributed by atoms with Gasteiger partial charge in [-0.05, 0) is 31.0 Å². The molecule has 116 valence electrons. The van der Waals surface area contributed by atoms with Gasteiger partial charge in [0.25, 0.3) is 0 Å². The van der Waals surface area contributed by atoms with E-state index in [-0.39, 0.29) is 11.7 Å². The van der Waals surface area contributed by atoms with E-state index in [0.717, 1.165) is 18.5 Å². The van der Waals surface area contributed by atoms with Gasteiger partial charge in [-0.1, -0.05) is 13.0 Å². The Morgan fingerprint density at radius 3 is 2.90 bits per heavy atom. The second-order valence-electron chi connectivity index (χ2n) is 5.44. The quantitative estimate of drug-likeness (QED) is 0.800. The Labute approximate surface area is 124 Å². The topological polar surface area (TPSA) is 38.8 Å². The van der Waals surface area contributed by atoms with Crippen LogP contribution >= 0.6 is 0 Å². The number of morpholine rings is 1. The largest absolute Gasteiger partial charge is 0.465 e. The van der Waals surface area contributed by atoms with E-state index in [2.05, 4.69) is 16.6 Å². The maximum Gasteiger partial charge on any atom is 0.340 e. The van der Waals surface area contributed by atoms with E-state index in [4.69, 9.17) is 4.74 Å². The second kappa shape index (κ2) is 7.00. The molecule has 0 amide bonds. The molecule has 1 aromatic carbocycles. The van der Waals surface area contributed by atoms with Crippen LogP contribution in [0.2, 0.25) is 0 Å². The standard InChI is InChI=1S/C16H22FNO3/c1-4-13-10-21-11(2)8-18(13)9-12-5-6-14(15(17)7-12)16(19)20-3/h5-7,11,13H,4,8-10H2,1-3H3. The van der Waals surface area contributed by atoms with Gasteiger partial charge in [0, 0.05) is 19.1 Å². The molecule has 1 aliphatic heterocycles. The van der Waals surface area contributed by atoms with E-state index in [1.165, 1.54) is 19.2 Å². The van der Waals surface area contributed by atoms with Crippen LogP contribution in [-0.4, -0.2) is 43.3 Å². The monoisotopic (exact) mass is 295 g/mol. The van der Waals surface area contributed by atoms with E-state index in [1.54, 1.807) is 6.07 Å². The van der Waals surface area contributed by atoms with Gasteiger partial charge in [0.2, 0.25) is 0 Å². The molecule has 1 saturated heterocycles. The highest BCUT2D eigenvalue weighted by Crippen LogP contribution is 2.19. The minimum atomic E-state index is -0.648. The van der Waals surface area contributed by atoms with Gasteiger partial charge in [-0.15, -0.1) is 0 Å². The van der Waals surface area contributed by atoms with Crippen LogP contribution in [0.5, 0.6) is 0 Å². The van der Waals surface area contributed by atoms with Crippen molar-refractivity contribution in [2.24, 2.45) is 0 Å². The Hall–Kier alpha value is -1.46. The van der Waals surface area contributed by atoms with Crippen molar-refractivity contribution in [3.05, 3.63) is 35.1 Å². The first-order valence-electron chi connectivity index (χ1n) is 7.27. The molecule has 2 atom stereocenters. The lowest BCUT2D eigenvalue weighted by atomic mass is 10.1. The third-order valence-corrected chi connectivity index (χ3v) is 3.88. The molecule has 21 heavy (non-hydrogen) atoms. The Balaban J connectivity index is 2.11. The molecule has 1 fully saturated rings. The van der Waals surface area contributed by atoms with E-state index >= 15 is 0 Å². The summed E-state index contributed by atoms with van der Waals surface area (Å²) in [5, 5.41) is 0. The summed E-state index contributed by atoms with van der Waals surface area (Å²) < 4.78 is 24.2. The summed E-state index contributed by atoms with van der Waals surface area (Å²) in [4.78, 5) is 13.7. The molecule has 0 aromatic heterocycles. The Kier molecular flexibility index (Phi) is 5.31. The van der Waals surface area contributed by atoms with Crippen LogP contribution in [-0.2, 0) is 16.0 Å². The number of methoxy groups -OCH3 is 1. The molecule has 1 aliphatic rings. The Bertz CT molecular complexity index is 506.